The van der Waals surface area contributed by atoms with E-state index in [-0.39, 0.29) is 18.2 Å². The van der Waals surface area contributed by atoms with Crippen LogP contribution in [0.1, 0.15) is 63.2 Å². The molecule has 1 aromatic carbocycles. The fraction of sp³-hybridized carbons (Fsp3) is 0.682. The molecule has 2 saturated heterocycles. The Labute approximate surface area is 158 Å². The summed E-state index contributed by atoms with van der Waals surface area (Å²) in [5, 5.41) is 0. The molecular weight excluding hydrogens is 324 g/mol. The molecule has 144 valence electrons. The monoisotopic (exact) mass is 358 g/mol. The third-order valence-electron chi connectivity index (χ3n) is 5.74. The number of aryl methyl sites for hydroxylation is 1. The molecule has 4 heteroatoms. The lowest BCUT2D eigenvalue weighted by Crippen LogP contribution is -2.38. The molecule has 2 atom stereocenters. The van der Waals surface area contributed by atoms with Crippen molar-refractivity contribution in [1.82, 2.24) is 9.80 Å². The smallest absolute Gasteiger partial charge is 0.410 e. The predicted octanol–water partition coefficient (Wildman–Crippen LogP) is 4.78. The molecule has 0 bridgehead atoms. The number of ether oxygens (including phenoxy) is 1. The Kier molecular flexibility index (Phi) is 6.58. The number of carbonyl (C=O) groups excluding carboxylic acids is 1. The van der Waals surface area contributed by atoms with Crippen LogP contribution in [0.4, 0.5) is 4.79 Å². The Hall–Kier alpha value is -1.55. The van der Waals surface area contributed by atoms with Gasteiger partial charge in [0, 0.05) is 6.54 Å². The summed E-state index contributed by atoms with van der Waals surface area (Å²) in [6, 6.07) is 8.45. The highest BCUT2D eigenvalue weighted by molar-refractivity contribution is 5.71. The van der Waals surface area contributed by atoms with Crippen LogP contribution in [0, 0.1) is 12.8 Å². The fourth-order valence-corrected chi connectivity index (χ4v) is 4.37. The minimum absolute atomic E-state index is 0.137. The van der Waals surface area contributed by atoms with Crippen LogP contribution in [0.15, 0.2) is 24.3 Å². The third-order valence-corrected chi connectivity index (χ3v) is 5.74. The molecule has 26 heavy (non-hydrogen) atoms. The van der Waals surface area contributed by atoms with Gasteiger partial charge in [-0.3, -0.25) is 0 Å². The first-order valence-corrected chi connectivity index (χ1v) is 10.3. The average Bonchev–Trinajstić information content (AvgIpc) is 2.92. The van der Waals surface area contributed by atoms with Gasteiger partial charge in [0.25, 0.3) is 0 Å². The lowest BCUT2D eigenvalue weighted by Gasteiger charge is -2.29. The number of nitrogens with zero attached hydrogens (tertiary/aromatic N) is 2. The van der Waals surface area contributed by atoms with Gasteiger partial charge in [0.1, 0.15) is 6.10 Å². The van der Waals surface area contributed by atoms with Crippen molar-refractivity contribution in [3.8, 4) is 0 Å². The number of benzene rings is 1. The van der Waals surface area contributed by atoms with E-state index in [2.05, 4.69) is 37.8 Å². The molecule has 1 amide bonds. The van der Waals surface area contributed by atoms with E-state index >= 15 is 0 Å². The third kappa shape index (κ3) is 4.59. The molecule has 2 unspecified atom stereocenters. The summed E-state index contributed by atoms with van der Waals surface area (Å²) in [6.07, 6.45) is 5.74. The first kappa shape index (κ1) is 19.2. The Balaban J connectivity index is 1.67. The number of hydrogen-bond donors (Lipinski definition) is 0. The molecule has 0 N–H and O–H groups in total. The molecule has 2 fully saturated rings. The van der Waals surface area contributed by atoms with E-state index in [4.69, 9.17) is 4.74 Å². The van der Waals surface area contributed by atoms with Gasteiger partial charge >= 0.3 is 6.09 Å². The second-order valence-electron chi connectivity index (χ2n) is 8.31. The number of amides is 1. The van der Waals surface area contributed by atoms with Crippen molar-refractivity contribution in [2.24, 2.45) is 5.92 Å². The van der Waals surface area contributed by atoms with Crippen LogP contribution >= 0.6 is 0 Å². The molecule has 0 aliphatic carbocycles. The number of hydrogen-bond acceptors (Lipinski definition) is 3. The van der Waals surface area contributed by atoms with E-state index in [1.165, 1.54) is 37.9 Å². The van der Waals surface area contributed by atoms with Gasteiger partial charge in [-0.1, -0.05) is 44.5 Å². The van der Waals surface area contributed by atoms with Crippen molar-refractivity contribution >= 4 is 6.09 Å². The van der Waals surface area contributed by atoms with E-state index in [0.29, 0.717) is 5.92 Å². The van der Waals surface area contributed by atoms with Gasteiger partial charge in [-0.2, -0.15) is 0 Å². The van der Waals surface area contributed by atoms with Crippen molar-refractivity contribution in [2.45, 2.75) is 65.0 Å². The summed E-state index contributed by atoms with van der Waals surface area (Å²) in [4.78, 5) is 17.2. The maximum Gasteiger partial charge on any atom is 0.410 e. The highest BCUT2D eigenvalue weighted by Gasteiger charge is 2.42. The van der Waals surface area contributed by atoms with Gasteiger partial charge in [0.15, 0.2) is 0 Å². The molecule has 0 aromatic heterocycles. The van der Waals surface area contributed by atoms with Crippen LogP contribution in [0.3, 0.4) is 0 Å². The topological polar surface area (TPSA) is 32.8 Å². The number of likely N-dealkylation sites (tertiary alicyclic amines) is 1. The zero-order valence-corrected chi connectivity index (χ0v) is 16.6. The van der Waals surface area contributed by atoms with Crippen LogP contribution in [0.2, 0.25) is 0 Å². The lowest BCUT2D eigenvalue weighted by molar-refractivity contribution is 0.127. The Morgan fingerprint density at radius 3 is 2.54 bits per heavy atom. The Morgan fingerprint density at radius 2 is 1.85 bits per heavy atom. The van der Waals surface area contributed by atoms with Gasteiger partial charge in [-0.15, -0.1) is 0 Å². The number of carbonyl (C=O) groups is 1. The van der Waals surface area contributed by atoms with E-state index < -0.39 is 0 Å². The number of piperidine rings is 1. The van der Waals surface area contributed by atoms with Gasteiger partial charge in [0.05, 0.1) is 6.04 Å². The SMILES string of the molecule is Cc1ccccc1C1OC(=O)N(CCCN2CCCCC2)C1CC(C)C. The van der Waals surface area contributed by atoms with Crippen LogP contribution in [-0.4, -0.2) is 48.1 Å². The van der Waals surface area contributed by atoms with Gasteiger partial charge in [-0.25, -0.2) is 4.79 Å². The molecule has 3 rings (SSSR count). The second-order valence-corrected chi connectivity index (χ2v) is 8.31. The van der Waals surface area contributed by atoms with Gasteiger partial charge < -0.3 is 14.5 Å². The van der Waals surface area contributed by atoms with Crippen molar-refractivity contribution in [3.63, 3.8) is 0 Å². The van der Waals surface area contributed by atoms with Crippen molar-refractivity contribution in [1.29, 1.82) is 0 Å². The van der Waals surface area contributed by atoms with E-state index in [1.807, 2.05) is 17.0 Å². The summed E-state index contributed by atoms with van der Waals surface area (Å²) in [6.45, 7) is 10.9. The summed E-state index contributed by atoms with van der Waals surface area (Å²) < 4.78 is 5.87. The van der Waals surface area contributed by atoms with Crippen LogP contribution in [0.5, 0.6) is 0 Å². The minimum atomic E-state index is -0.138. The minimum Gasteiger partial charge on any atom is -0.439 e. The number of cyclic esters (lactones) is 1. The molecular formula is C22H34N2O2. The highest BCUT2D eigenvalue weighted by atomic mass is 16.6. The lowest BCUT2D eigenvalue weighted by atomic mass is 9.92. The Morgan fingerprint density at radius 1 is 1.12 bits per heavy atom. The van der Waals surface area contributed by atoms with Crippen molar-refractivity contribution in [3.05, 3.63) is 35.4 Å². The largest absolute Gasteiger partial charge is 0.439 e. The van der Waals surface area contributed by atoms with Crippen LogP contribution in [-0.2, 0) is 4.74 Å². The predicted molar refractivity (Wildman–Crippen MR) is 105 cm³/mol. The average molecular weight is 359 g/mol. The van der Waals surface area contributed by atoms with E-state index in [0.717, 1.165) is 31.5 Å². The summed E-state index contributed by atoms with van der Waals surface area (Å²) in [5.74, 6) is 0.533. The first-order chi connectivity index (χ1) is 12.6. The zero-order valence-electron chi connectivity index (χ0n) is 16.6. The Bertz CT molecular complexity index is 596. The van der Waals surface area contributed by atoms with Crippen LogP contribution < -0.4 is 0 Å². The van der Waals surface area contributed by atoms with Crippen molar-refractivity contribution < 1.29 is 9.53 Å². The molecule has 2 heterocycles. The summed E-state index contributed by atoms with van der Waals surface area (Å²) in [5.41, 5.74) is 2.36. The zero-order chi connectivity index (χ0) is 18.5. The molecule has 4 nitrogen and oxygen atoms in total. The molecule has 0 spiro atoms. The summed E-state index contributed by atoms with van der Waals surface area (Å²) in [7, 11) is 0. The molecule has 1 aromatic rings. The standard InChI is InChI=1S/C22H34N2O2/c1-17(2)16-20-21(19-11-6-5-10-18(19)3)26-22(25)24(20)15-9-14-23-12-7-4-8-13-23/h5-6,10-11,17,20-21H,4,7-9,12-16H2,1-3H3. The molecule has 2 aliphatic rings. The van der Waals surface area contributed by atoms with Crippen molar-refractivity contribution in [2.75, 3.05) is 26.2 Å². The molecule has 0 radical (unpaired) electrons. The van der Waals surface area contributed by atoms with Crippen LogP contribution in [0.25, 0.3) is 0 Å². The van der Waals surface area contributed by atoms with Gasteiger partial charge in [0.2, 0.25) is 0 Å². The first-order valence-electron chi connectivity index (χ1n) is 10.3. The van der Waals surface area contributed by atoms with E-state index in [9.17, 15) is 4.79 Å². The van der Waals surface area contributed by atoms with Gasteiger partial charge in [-0.05, 0) is 69.3 Å². The quantitative estimate of drug-likeness (QED) is 0.703. The highest BCUT2D eigenvalue weighted by Crippen LogP contribution is 2.37. The molecule has 2 aliphatic heterocycles. The number of rotatable bonds is 7. The second kappa shape index (κ2) is 8.90. The fourth-order valence-electron chi connectivity index (χ4n) is 4.37. The maximum absolute atomic E-state index is 12.6. The summed E-state index contributed by atoms with van der Waals surface area (Å²) >= 11 is 0. The molecule has 0 saturated carbocycles. The normalized spacial score (nSPS) is 24.3. The maximum atomic E-state index is 12.6. The van der Waals surface area contributed by atoms with E-state index in [1.54, 1.807) is 0 Å².